The molecule has 2 N–H and O–H groups in total. The van der Waals surface area contributed by atoms with Gasteiger partial charge in [-0.25, -0.2) is 0 Å². The molecule has 2 aromatic heterocycles. The number of hydrogen-bond acceptors (Lipinski definition) is 4. The van der Waals surface area contributed by atoms with Gasteiger partial charge in [-0.05, 0) is 48.1 Å². The Morgan fingerprint density at radius 3 is 2.73 bits per heavy atom. The van der Waals surface area contributed by atoms with Crippen LogP contribution in [-0.2, 0) is 4.79 Å². The van der Waals surface area contributed by atoms with Crippen LogP contribution in [0.5, 0.6) is 0 Å². The van der Waals surface area contributed by atoms with Crippen LogP contribution in [0, 0.1) is 13.8 Å². The van der Waals surface area contributed by atoms with Gasteiger partial charge >= 0.3 is 0 Å². The Hall–Kier alpha value is -2.44. The number of thiophene rings is 2. The smallest absolute Gasteiger partial charge is 0.266 e. The van der Waals surface area contributed by atoms with Gasteiger partial charge in [0.2, 0.25) is 5.91 Å². The molecule has 132 valence electrons. The number of para-hydroxylation sites is 1. The van der Waals surface area contributed by atoms with Crippen molar-refractivity contribution in [3.05, 3.63) is 68.2 Å². The van der Waals surface area contributed by atoms with E-state index in [2.05, 4.69) is 16.7 Å². The van der Waals surface area contributed by atoms with E-state index in [-0.39, 0.29) is 17.7 Å². The molecule has 0 fully saturated rings. The molecule has 3 heterocycles. The zero-order valence-electron chi connectivity index (χ0n) is 14.5. The Labute approximate surface area is 159 Å². The number of carbonyl (C=O) groups excluding carboxylic acids is 2. The fourth-order valence-corrected chi connectivity index (χ4v) is 5.36. The Morgan fingerprint density at radius 1 is 1.19 bits per heavy atom. The van der Waals surface area contributed by atoms with Crippen molar-refractivity contribution >= 4 is 45.2 Å². The molecule has 0 saturated heterocycles. The summed E-state index contributed by atoms with van der Waals surface area (Å²) in [6.45, 7) is 3.94. The first-order valence-corrected chi connectivity index (χ1v) is 10.1. The van der Waals surface area contributed by atoms with Crippen molar-refractivity contribution in [3.8, 4) is 0 Å². The number of fused-ring (bicyclic) bond motifs is 1. The number of anilines is 2. The molecule has 1 aliphatic rings. The lowest BCUT2D eigenvalue weighted by molar-refractivity contribution is -0.116. The summed E-state index contributed by atoms with van der Waals surface area (Å²) in [7, 11) is 0. The van der Waals surface area contributed by atoms with E-state index in [4.69, 9.17) is 0 Å². The summed E-state index contributed by atoms with van der Waals surface area (Å²) >= 11 is 3.01. The Morgan fingerprint density at radius 2 is 2.00 bits per heavy atom. The molecule has 1 aliphatic heterocycles. The predicted molar refractivity (Wildman–Crippen MR) is 108 cm³/mol. The summed E-state index contributed by atoms with van der Waals surface area (Å²) in [5.74, 6) is -0.103. The molecule has 3 aromatic rings. The largest absolute Gasteiger partial charge is 0.321 e. The average Bonchev–Trinajstić information content (AvgIpc) is 3.25. The lowest BCUT2D eigenvalue weighted by atomic mass is 9.89. The molecule has 0 radical (unpaired) electrons. The maximum Gasteiger partial charge on any atom is 0.266 e. The van der Waals surface area contributed by atoms with Crippen LogP contribution in [0.4, 0.5) is 10.7 Å². The van der Waals surface area contributed by atoms with Gasteiger partial charge in [0.25, 0.3) is 5.91 Å². The number of benzene rings is 1. The molecule has 6 heteroatoms. The maximum atomic E-state index is 12.9. The predicted octanol–water partition coefficient (Wildman–Crippen LogP) is 5.15. The molecule has 1 atom stereocenters. The van der Waals surface area contributed by atoms with Crippen LogP contribution in [0.25, 0.3) is 0 Å². The summed E-state index contributed by atoms with van der Waals surface area (Å²) in [5.41, 5.74) is 3.85. The summed E-state index contributed by atoms with van der Waals surface area (Å²) in [6, 6.07) is 11.8. The van der Waals surface area contributed by atoms with Crippen LogP contribution in [0.3, 0.4) is 0 Å². The number of rotatable bonds is 3. The van der Waals surface area contributed by atoms with E-state index in [0.717, 1.165) is 32.3 Å². The fraction of sp³-hybridized carbons (Fsp3) is 0.200. The van der Waals surface area contributed by atoms with E-state index in [9.17, 15) is 9.59 Å². The van der Waals surface area contributed by atoms with Gasteiger partial charge in [-0.15, -0.1) is 22.7 Å². The van der Waals surface area contributed by atoms with Gasteiger partial charge in [-0.2, -0.15) is 0 Å². The molecule has 0 saturated carbocycles. The minimum atomic E-state index is -0.129. The third-order valence-electron chi connectivity index (χ3n) is 4.67. The highest BCUT2D eigenvalue weighted by atomic mass is 32.1. The van der Waals surface area contributed by atoms with Gasteiger partial charge in [-0.3, -0.25) is 9.59 Å². The highest BCUT2D eigenvalue weighted by Gasteiger charge is 2.33. The van der Waals surface area contributed by atoms with Gasteiger partial charge in [0.1, 0.15) is 0 Å². The van der Waals surface area contributed by atoms with Crippen LogP contribution in [-0.4, -0.2) is 11.8 Å². The monoisotopic (exact) mass is 382 g/mol. The summed E-state index contributed by atoms with van der Waals surface area (Å²) < 4.78 is 0. The molecule has 1 aromatic carbocycles. The van der Waals surface area contributed by atoms with Crippen molar-refractivity contribution in [1.82, 2.24) is 0 Å². The van der Waals surface area contributed by atoms with E-state index in [0.29, 0.717) is 11.3 Å². The lowest BCUT2D eigenvalue weighted by Gasteiger charge is -2.22. The van der Waals surface area contributed by atoms with Gasteiger partial charge in [-0.1, -0.05) is 24.3 Å². The van der Waals surface area contributed by atoms with Gasteiger partial charge in [0.05, 0.1) is 9.88 Å². The van der Waals surface area contributed by atoms with E-state index in [1.54, 1.807) is 11.3 Å². The first kappa shape index (κ1) is 17.0. The molecular formula is C20H18N2O2S2. The topological polar surface area (TPSA) is 58.2 Å². The number of hydrogen-bond donors (Lipinski definition) is 2. The van der Waals surface area contributed by atoms with Crippen LogP contribution < -0.4 is 10.6 Å². The first-order chi connectivity index (χ1) is 12.5. The number of amides is 2. The minimum Gasteiger partial charge on any atom is -0.321 e. The van der Waals surface area contributed by atoms with Gasteiger partial charge in [0.15, 0.2) is 0 Å². The highest BCUT2D eigenvalue weighted by molar-refractivity contribution is 7.18. The Bertz CT molecular complexity index is 989. The standard InChI is InChI=1S/C20H18N2O2S2/c1-11-6-3-4-7-14(11)21-19(24)18-12(2)17-13(15-8-5-9-25-15)10-16(23)22-20(17)26-18/h3-9,13H,10H2,1-2H3,(H,21,24)(H,22,23). The van der Waals surface area contributed by atoms with Crippen LogP contribution in [0.2, 0.25) is 0 Å². The van der Waals surface area contributed by atoms with Crippen LogP contribution in [0.1, 0.15) is 43.6 Å². The van der Waals surface area contributed by atoms with Crippen molar-refractivity contribution in [2.75, 3.05) is 10.6 Å². The quantitative estimate of drug-likeness (QED) is 0.658. The molecule has 2 amide bonds. The van der Waals surface area contributed by atoms with E-state index in [1.807, 2.05) is 49.6 Å². The van der Waals surface area contributed by atoms with Gasteiger partial charge < -0.3 is 10.6 Å². The second-order valence-electron chi connectivity index (χ2n) is 6.39. The second kappa shape index (κ2) is 6.70. The molecule has 0 bridgehead atoms. The average molecular weight is 383 g/mol. The van der Waals surface area contributed by atoms with E-state index >= 15 is 0 Å². The second-order valence-corrected chi connectivity index (χ2v) is 8.39. The van der Waals surface area contributed by atoms with E-state index in [1.165, 1.54) is 11.3 Å². The Balaban J connectivity index is 1.71. The van der Waals surface area contributed by atoms with Crippen molar-refractivity contribution < 1.29 is 9.59 Å². The minimum absolute atomic E-state index is 0.00279. The summed E-state index contributed by atoms with van der Waals surface area (Å²) in [4.78, 5) is 26.8. The summed E-state index contributed by atoms with van der Waals surface area (Å²) in [6.07, 6.45) is 0.421. The van der Waals surface area contributed by atoms with Gasteiger partial charge in [0, 0.05) is 22.9 Å². The maximum absolute atomic E-state index is 12.9. The molecule has 4 nitrogen and oxygen atoms in total. The zero-order chi connectivity index (χ0) is 18.3. The lowest BCUT2D eigenvalue weighted by Crippen LogP contribution is -2.22. The number of aryl methyl sites for hydroxylation is 1. The normalized spacial score (nSPS) is 16.1. The van der Waals surface area contributed by atoms with E-state index < -0.39 is 0 Å². The molecule has 26 heavy (non-hydrogen) atoms. The van der Waals surface area contributed by atoms with Crippen LogP contribution >= 0.6 is 22.7 Å². The van der Waals surface area contributed by atoms with Crippen molar-refractivity contribution in [2.45, 2.75) is 26.2 Å². The number of nitrogens with one attached hydrogen (secondary N) is 2. The highest BCUT2D eigenvalue weighted by Crippen LogP contribution is 2.46. The third-order valence-corrected chi connectivity index (χ3v) is 6.88. The SMILES string of the molecule is Cc1ccccc1NC(=O)c1sc2c(c1C)C(c1cccs1)CC(=O)N2. The summed E-state index contributed by atoms with van der Waals surface area (Å²) in [5, 5.41) is 8.77. The third kappa shape index (κ3) is 2.95. The zero-order valence-corrected chi connectivity index (χ0v) is 16.1. The molecule has 4 rings (SSSR count). The number of carbonyl (C=O) groups is 2. The van der Waals surface area contributed by atoms with Crippen molar-refractivity contribution in [2.24, 2.45) is 0 Å². The van der Waals surface area contributed by atoms with Crippen LogP contribution in [0.15, 0.2) is 41.8 Å². The molecule has 1 unspecified atom stereocenters. The van der Waals surface area contributed by atoms with Crippen molar-refractivity contribution in [1.29, 1.82) is 0 Å². The van der Waals surface area contributed by atoms with Crippen molar-refractivity contribution in [3.63, 3.8) is 0 Å². The molecule has 0 spiro atoms. The molecule has 0 aliphatic carbocycles. The first-order valence-electron chi connectivity index (χ1n) is 8.38. The Kier molecular flexibility index (Phi) is 4.38. The molecular weight excluding hydrogens is 364 g/mol. The fourth-order valence-electron chi connectivity index (χ4n) is 3.35.